The molecule has 2 aliphatic rings. The summed E-state index contributed by atoms with van der Waals surface area (Å²) in [4.78, 5) is 38.1. The number of amides is 1. The normalized spacial score (nSPS) is 20.3. The Morgan fingerprint density at radius 3 is 2.79 bits per heavy atom. The van der Waals surface area contributed by atoms with Gasteiger partial charge < -0.3 is 14.5 Å². The molecule has 1 fully saturated rings. The van der Waals surface area contributed by atoms with E-state index >= 15 is 0 Å². The van der Waals surface area contributed by atoms with E-state index in [4.69, 9.17) is 4.74 Å². The molecular formula is C26H34N4O3. The number of anilines is 1. The van der Waals surface area contributed by atoms with Crippen molar-refractivity contribution in [3.63, 3.8) is 0 Å². The first-order valence-electron chi connectivity index (χ1n) is 12.1. The van der Waals surface area contributed by atoms with Gasteiger partial charge in [0, 0.05) is 31.7 Å². The lowest BCUT2D eigenvalue weighted by atomic mass is 9.95. The molecule has 0 aliphatic carbocycles. The van der Waals surface area contributed by atoms with Gasteiger partial charge in [-0.2, -0.15) is 0 Å². The third kappa shape index (κ3) is 5.89. The zero-order chi connectivity index (χ0) is 23.2. The third-order valence-corrected chi connectivity index (χ3v) is 6.69. The molecule has 0 radical (unpaired) electrons. The zero-order valence-corrected chi connectivity index (χ0v) is 19.8. The number of aryl methyl sites for hydroxylation is 2. The zero-order valence-electron chi connectivity index (χ0n) is 19.8. The number of ketones is 1. The number of fused-ring (bicyclic) bond motifs is 3. The number of nitrogens with zero attached hydrogens (tertiary/aromatic N) is 4. The predicted octanol–water partition coefficient (Wildman–Crippen LogP) is 3.98. The van der Waals surface area contributed by atoms with Gasteiger partial charge in [-0.15, -0.1) is 0 Å². The van der Waals surface area contributed by atoms with Gasteiger partial charge in [0.2, 0.25) is 11.9 Å². The fourth-order valence-corrected chi connectivity index (χ4v) is 4.86. The maximum absolute atomic E-state index is 13.1. The standard InChI is InChI=1S/C26H34N4O3/c1-19-24(20(2)31)18-27-26(28-19)29-13-6-10-25(32)30-14-4-3-8-22(30)12-11-21-7-5-9-23(17-21)33-16-15-29/h5,7,9,17-18,22H,3-4,6,8,10-16H2,1-2H3. The van der Waals surface area contributed by atoms with E-state index < -0.39 is 0 Å². The lowest BCUT2D eigenvalue weighted by Crippen LogP contribution is -2.44. The van der Waals surface area contributed by atoms with Crippen molar-refractivity contribution >= 4 is 17.6 Å². The van der Waals surface area contributed by atoms with E-state index in [2.05, 4.69) is 31.9 Å². The summed E-state index contributed by atoms with van der Waals surface area (Å²) in [6.07, 6.45) is 8.17. The summed E-state index contributed by atoms with van der Waals surface area (Å²) in [5.74, 6) is 1.65. The molecule has 0 spiro atoms. The highest BCUT2D eigenvalue weighted by molar-refractivity contribution is 5.94. The molecular weight excluding hydrogens is 416 g/mol. The number of piperidine rings is 1. The second-order valence-electron chi connectivity index (χ2n) is 9.09. The number of carbonyl (C=O) groups excluding carboxylic acids is 2. The first kappa shape index (κ1) is 23.2. The van der Waals surface area contributed by atoms with Crippen molar-refractivity contribution in [3.8, 4) is 5.75 Å². The van der Waals surface area contributed by atoms with Gasteiger partial charge in [0.05, 0.1) is 17.8 Å². The average molecular weight is 451 g/mol. The van der Waals surface area contributed by atoms with Gasteiger partial charge in [-0.1, -0.05) is 12.1 Å². The quantitative estimate of drug-likeness (QED) is 0.644. The highest BCUT2D eigenvalue weighted by Gasteiger charge is 2.26. The molecule has 4 rings (SSSR count). The summed E-state index contributed by atoms with van der Waals surface area (Å²) in [7, 11) is 0. The number of carbonyl (C=O) groups is 2. The van der Waals surface area contributed by atoms with Crippen molar-refractivity contribution in [3.05, 3.63) is 47.3 Å². The smallest absolute Gasteiger partial charge is 0.225 e. The number of benzene rings is 1. The fourth-order valence-electron chi connectivity index (χ4n) is 4.86. The molecule has 7 heteroatoms. The van der Waals surface area contributed by atoms with Crippen molar-refractivity contribution in [1.29, 1.82) is 0 Å². The molecule has 3 heterocycles. The number of hydrogen-bond donors (Lipinski definition) is 0. The number of Topliss-reactive ketones (excluding diaryl/α,β-unsaturated/α-hetero) is 1. The van der Waals surface area contributed by atoms with Crippen molar-refractivity contribution in [2.75, 3.05) is 31.1 Å². The maximum Gasteiger partial charge on any atom is 0.225 e. The van der Waals surface area contributed by atoms with E-state index in [1.807, 2.05) is 19.1 Å². The minimum atomic E-state index is -0.0407. The summed E-state index contributed by atoms with van der Waals surface area (Å²) in [5.41, 5.74) is 2.46. The van der Waals surface area contributed by atoms with Gasteiger partial charge in [-0.05, 0) is 70.1 Å². The van der Waals surface area contributed by atoms with Crippen LogP contribution in [-0.4, -0.2) is 58.8 Å². The van der Waals surface area contributed by atoms with Crippen molar-refractivity contribution in [2.45, 2.75) is 64.8 Å². The van der Waals surface area contributed by atoms with E-state index in [0.29, 0.717) is 49.4 Å². The summed E-state index contributed by atoms with van der Waals surface area (Å²) in [5, 5.41) is 0. The largest absolute Gasteiger partial charge is 0.492 e. The van der Waals surface area contributed by atoms with Crippen LogP contribution in [0.25, 0.3) is 0 Å². The summed E-state index contributed by atoms with van der Waals surface area (Å²) in [6.45, 7) is 5.97. The molecule has 0 saturated carbocycles. The maximum atomic E-state index is 13.1. The summed E-state index contributed by atoms with van der Waals surface area (Å²) < 4.78 is 6.07. The molecule has 1 saturated heterocycles. The van der Waals surface area contributed by atoms with Gasteiger partial charge in [-0.3, -0.25) is 9.59 Å². The Kier molecular flexibility index (Phi) is 7.57. The molecule has 2 aromatic rings. The Hall–Kier alpha value is -2.96. The highest BCUT2D eigenvalue weighted by Crippen LogP contribution is 2.24. The van der Waals surface area contributed by atoms with Gasteiger partial charge >= 0.3 is 0 Å². The van der Waals surface area contributed by atoms with Crippen molar-refractivity contribution < 1.29 is 14.3 Å². The number of ether oxygens (including phenoxy) is 1. The van der Waals surface area contributed by atoms with Crippen LogP contribution in [0.15, 0.2) is 30.5 Å². The lowest BCUT2D eigenvalue weighted by Gasteiger charge is -2.36. The molecule has 2 bridgehead atoms. The Balaban J connectivity index is 1.55. The second-order valence-corrected chi connectivity index (χ2v) is 9.09. The number of hydrogen-bond acceptors (Lipinski definition) is 6. The van der Waals surface area contributed by atoms with Crippen LogP contribution in [0.2, 0.25) is 0 Å². The van der Waals surface area contributed by atoms with Crippen LogP contribution >= 0.6 is 0 Å². The molecule has 176 valence electrons. The van der Waals surface area contributed by atoms with E-state index in [1.54, 1.807) is 6.20 Å². The summed E-state index contributed by atoms with van der Waals surface area (Å²) >= 11 is 0. The second kappa shape index (κ2) is 10.8. The Bertz CT molecular complexity index is 993. The molecule has 7 nitrogen and oxygen atoms in total. The monoisotopic (exact) mass is 450 g/mol. The van der Waals surface area contributed by atoms with E-state index in [0.717, 1.165) is 44.4 Å². The number of rotatable bonds is 2. The van der Waals surface area contributed by atoms with Gasteiger partial charge in [0.15, 0.2) is 5.78 Å². The van der Waals surface area contributed by atoms with E-state index in [1.165, 1.54) is 18.9 Å². The first-order chi connectivity index (χ1) is 16.0. The number of aromatic nitrogens is 2. The van der Waals surface area contributed by atoms with Gasteiger partial charge in [0.25, 0.3) is 0 Å². The van der Waals surface area contributed by atoms with Crippen LogP contribution in [-0.2, 0) is 11.2 Å². The van der Waals surface area contributed by atoms with E-state index in [-0.39, 0.29) is 11.7 Å². The summed E-state index contributed by atoms with van der Waals surface area (Å²) in [6, 6.07) is 8.60. The van der Waals surface area contributed by atoms with E-state index in [9.17, 15) is 9.59 Å². The van der Waals surface area contributed by atoms with Crippen molar-refractivity contribution in [2.24, 2.45) is 0 Å². The fraction of sp³-hybridized carbons (Fsp3) is 0.538. The van der Waals surface area contributed by atoms with Crippen LogP contribution in [0.4, 0.5) is 5.95 Å². The van der Waals surface area contributed by atoms with Crippen LogP contribution < -0.4 is 9.64 Å². The molecule has 1 aromatic heterocycles. The Labute approximate surface area is 196 Å². The van der Waals surface area contributed by atoms with Gasteiger partial charge in [0.1, 0.15) is 12.4 Å². The molecule has 0 N–H and O–H groups in total. The molecule has 1 amide bonds. The van der Waals surface area contributed by atoms with Crippen LogP contribution in [0.1, 0.15) is 67.1 Å². The van der Waals surface area contributed by atoms with Crippen LogP contribution in [0.3, 0.4) is 0 Å². The first-order valence-corrected chi connectivity index (χ1v) is 12.1. The topological polar surface area (TPSA) is 75.6 Å². The van der Waals surface area contributed by atoms with Crippen LogP contribution in [0, 0.1) is 6.92 Å². The highest BCUT2D eigenvalue weighted by atomic mass is 16.5. The third-order valence-electron chi connectivity index (χ3n) is 6.69. The minimum Gasteiger partial charge on any atom is -0.492 e. The molecule has 1 atom stereocenters. The molecule has 1 aromatic carbocycles. The molecule has 2 aliphatic heterocycles. The Morgan fingerprint density at radius 2 is 1.97 bits per heavy atom. The van der Waals surface area contributed by atoms with Gasteiger partial charge in [-0.25, -0.2) is 9.97 Å². The minimum absolute atomic E-state index is 0.0407. The average Bonchev–Trinajstić information content (AvgIpc) is 2.81. The SMILES string of the molecule is CC(=O)c1cnc(N2CCCC(=O)N3CCCCC3CCc3cccc(c3)OCC2)nc1C. The molecule has 1 unspecified atom stereocenters. The predicted molar refractivity (Wildman–Crippen MR) is 128 cm³/mol. The van der Waals surface area contributed by atoms with Crippen LogP contribution in [0.5, 0.6) is 5.75 Å². The Morgan fingerprint density at radius 1 is 1.09 bits per heavy atom. The van der Waals surface area contributed by atoms with Crippen molar-refractivity contribution in [1.82, 2.24) is 14.9 Å². The lowest BCUT2D eigenvalue weighted by molar-refractivity contribution is -0.135. The molecule has 33 heavy (non-hydrogen) atoms.